The van der Waals surface area contributed by atoms with Crippen LogP contribution in [-0.2, 0) is 5.41 Å². The van der Waals surface area contributed by atoms with E-state index in [0.717, 1.165) is 23.4 Å². The van der Waals surface area contributed by atoms with Gasteiger partial charge in [0.15, 0.2) is 0 Å². The summed E-state index contributed by atoms with van der Waals surface area (Å²) in [6.45, 7) is 0. The van der Waals surface area contributed by atoms with Crippen molar-refractivity contribution in [3.63, 3.8) is 0 Å². The van der Waals surface area contributed by atoms with Crippen LogP contribution in [0.15, 0.2) is 48.5 Å². The molecule has 4 fully saturated rings. The largest absolute Gasteiger partial charge is 0.322 e. The molecule has 0 unspecified atom stereocenters. The van der Waals surface area contributed by atoms with E-state index in [9.17, 15) is 9.18 Å². The lowest BCUT2D eigenvalue weighted by molar-refractivity contribution is -0.00518. The minimum atomic E-state index is -0.491. The molecule has 2 nitrogen and oxygen atoms in total. The summed E-state index contributed by atoms with van der Waals surface area (Å²) in [5, 5.41) is 2.82. The molecule has 2 aromatic rings. The summed E-state index contributed by atoms with van der Waals surface area (Å²) in [6.07, 6.45) is 8.32. The summed E-state index contributed by atoms with van der Waals surface area (Å²) in [7, 11) is 0. The highest BCUT2D eigenvalue weighted by molar-refractivity contribution is 6.04. The zero-order chi connectivity index (χ0) is 17.7. The van der Waals surface area contributed by atoms with Crippen molar-refractivity contribution in [2.75, 3.05) is 5.32 Å². The van der Waals surface area contributed by atoms with Crippen molar-refractivity contribution < 1.29 is 9.18 Å². The molecule has 1 N–H and O–H groups in total. The van der Waals surface area contributed by atoms with Gasteiger partial charge in [-0.15, -0.1) is 0 Å². The van der Waals surface area contributed by atoms with E-state index >= 15 is 0 Å². The number of benzene rings is 2. The molecule has 4 aliphatic rings. The number of hydrogen-bond acceptors (Lipinski definition) is 1. The van der Waals surface area contributed by atoms with Gasteiger partial charge in [-0.2, -0.15) is 0 Å². The molecule has 0 aliphatic heterocycles. The number of carbonyl (C=O) groups excluding carboxylic acids is 1. The topological polar surface area (TPSA) is 29.1 Å². The van der Waals surface area contributed by atoms with Gasteiger partial charge in [-0.1, -0.05) is 24.3 Å². The van der Waals surface area contributed by atoms with Crippen molar-refractivity contribution in [1.29, 1.82) is 0 Å². The highest BCUT2D eigenvalue weighted by atomic mass is 19.1. The first-order valence-electron chi connectivity index (χ1n) is 9.78. The van der Waals surface area contributed by atoms with Crippen LogP contribution < -0.4 is 5.32 Å². The third-order valence-electron chi connectivity index (χ3n) is 6.91. The van der Waals surface area contributed by atoms with Gasteiger partial charge >= 0.3 is 0 Å². The van der Waals surface area contributed by atoms with Crippen LogP contribution >= 0.6 is 0 Å². The van der Waals surface area contributed by atoms with Crippen LogP contribution in [0.25, 0.3) is 0 Å². The van der Waals surface area contributed by atoms with Crippen molar-refractivity contribution >= 4 is 11.6 Å². The summed E-state index contributed by atoms with van der Waals surface area (Å²) >= 11 is 0. The fraction of sp³-hybridized carbons (Fsp3) is 0.435. The molecule has 1 amide bonds. The van der Waals surface area contributed by atoms with Crippen molar-refractivity contribution in [2.45, 2.75) is 43.9 Å². The second kappa shape index (κ2) is 5.94. The van der Waals surface area contributed by atoms with Gasteiger partial charge in [-0.3, -0.25) is 4.79 Å². The number of hydrogen-bond donors (Lipinski definition) is 1. The maximum absolute atomic E-state index is 13.8. The first-order chi connectivity index (χ1) is 12.6. The summed E-state index contributed by atoms with van der Waals surface area (Å²) in [5.41, 5.74) is 2.60. The number of halogens is 1. The Balaban J connectivity index is 1.35. The smallest absolute Gasteiger partial charge is 0.258 e. The Bertz CT molecular complexity index is 806. The average Bonchev–Trinajstić information content (AvgIpc) is 2.61. The minimum Gasteiger partial charge on any atom is -0.322 e. The fourth-order valence-electron chi connectivity index (χ4n) is 6.22. The standard InChI is InChI=1S/C23H24FNO/c24-21-4-2-1-3-20(21)22(26)25-19-7-5-18(6-8-19)23-12-15-9-16(13-23)11-17(10-15)14-23/h1-8,15-17H,9-14H2,(H,25,26). The third-order valence-corrected chi connectivity index (χ3v) is 6.91. The van der Waals surface area contributed by atoms with Gasteiger partial charge in [-0.05, 0) is 91.5 Å². The Hall–Kier alpha value is -2.16. The van der Waals surface area contributed by atoms with Gasteiger partial charge in [0.1, 0.15) is 5.82 Å². The molecule has 0 saturated heterocycles. The van der Waals surface area contributed by atoms with E-state index in [1.165, 1.54) is 56.2 Å². The highest BCUT2D eigenvalue weighted by Crippen LogP contribution is 2.60. The minimum absolute atomic E-state index is 0.0812. The summed E-state index contributed by atoms with van der Waals surface area (Å²) in [4.78, 5) is 12.3. The van der Waals surface area contributed by atoms with Crippen LogP contribution in [0.3, 0.4) is 0 Å². The van der Waals surface area contributed by atoms with Gasteiger partial charge in [0, 0.05) is 5.69 Å². The van der Waals surface area contributed by atoms with E-state index < -0.39 is 11.7 Å². The first-order valence-corrected chi connectivity index (χ1v) is 9.78. The summed E-state index contributed by atoms with van der Waals surface area (Å²) in [5.74, 6) is 1.87. The molecule has 0 aromatic heterocycles. The molecule has 4 aliphatic carbocycles. The molecule has 6 rings (SSSR count). The predicted molar refractivity (Wildman–Crippen MR) is 101 cm³/mol. The average molecular weight is 349 g/mol. The molecule has 0 atom stereocenters. The molecule has 4 bridgehead atoms. The molecule has 0 heterocycles. The van der Waals surface area contributed by atoms with Crippen LogP contribution in [0, 0.1) is 23.6 Å². The van der Waals surface area contributed by atoms with Crippen molar-refractivity contribution in [3.05, 3.63) is 65.5 Å². The first kappa shape index (κ1) is 16.0. The van der Waals surface area contributed by atoms with Crippen LogP contribution in [-0.4, -0.2) is 5.91 Å². The lowest BCUT2D eigenvalue weighted by Gasteiger charge is -2.57. The Kier molecular flexibility index (Phi) is 3.66. The normalized spacial score (nSPS) is 31.8. The van der Waals surface area contributed by atoms with E-state index in [0.29, 0.717) is 5.41 Å². The van der Waals surface area contributed by atoms with E-state index in [1.54, 1.807) is 12.1 Å². The highest BCUT2D eigenvalue weighted by Gasteiger charge is 2.51. The van der Waals surface area contributed by atoms with Crippen molar-refractivity contribution in [1.82, 2.24) is 0 Å². The number of amides is 1. The van der Waals surface area contributed by atoms with Crippen LogP contribution in [0.5, 0.6) is 0 Å². The van der Waals surface area contributed by atoms with E-state index in [4.69, 9.17) is 0 Å². The van der Waals surface area contributed by atoms with E-state index in [-0.39, 0.29) is 5.56 Å². The Morgan fingerprint density at radius 2 is 1.46 bits per heavy atom. The quantitative estimate of drug-likeness (QED) is 0.774. The number of carbonyl (C=O) groups is 1. The van der Waals surface area contributed by atoms with Gasteiger partial charge in [-0.25, -0.2) is 4.39 Å². The molecule has 4 saturated carbocycles. The molecule has 0 radical (unpaired) electrons. The molecular weight excluding hydrogens is 325 g/mol. The number of nitrogens with one attached hydrogen (secondary N) is 1. The van der Waals surface area contributed by atoms with E-state index in [1.807, 2.05) is 12.1 Å². The number of rotatable bonds is 3. The lowest BCUT2D eigenvalue weighted by Crippen LogP contribution is -2.48. The molecule has 2 aromatic carbocycles. The Morgan fingerprint density at radius 1 is 0.885 bits per heavy atom. The maximum Gasteiger partial charge on any atom is 0.258 e. The van der Waals surface area contributed by atoms with Crippen LogP contribution in [0.1, 0.15) is 54.4 Å². The Labute approximate surface area is 153 Å². The SMILES string of the molecule is O=C(Nc1ccc(C23CC4CC(CC(C4)C2)C3)cc1)c1ccccc1F. The lowest BCUT2D eigenvalue weighted by atomic mass is 9.48. The Morgan fingerprint density at radius 3 is 2.04 bits per heavy atom. The third kappa shape index (κ3) is 2.65. The van der Waals surface area contributed by atoms with Crippen LogP contribution in [0.2, 0.25) is 0 Å². The van der Waals surface area contributed by atoms with Crippen LogP contribution in [0.4, 0.5) is 10.1 Å². The molecule has 3 heteroatoms. The molecule has 0 spiro atoms. The number of anilines is 1. The molecule has 26 heavy (non-hydrogen) atoms. The zero-order valence-electron chi connectivity index (χ0n) is 14.9. The van der Waals surface area contributed by atoms with Gasteiger partial charge in [0.05, 0.1) is 5.56 Å². The molecule has 134 valence electrons. The van der Waals surface area contributed by atoms with Crippen molar-refractivity contribution in [3.8, 4) is 0 Å². The zero-order valence-corrected chi connectivity index (χ0v) is 14.9. The van der Waals surface area contributed by atoms with Crippen molar-refractivity contribution in [2.24, 2.45) is 17.8 Å². The van der Waals surface area contributed by atoms with Gasteiger partial charge in [0.2, 0.25) is 0 Å². The summed E-state index contributed by atoms with van der Waals surface area (Å²) < 4.78 is 13.8. The van der Waals surface area contributed by atoms with Gasteiger partial charge < -0.3 is 5.32 Å². The molecular formula is C23H24FNO. The van der Waals surface area contributed by atoms with E-state index in [2.05, 4.69) is 17.4 Å². The van der Waals surface area contributed by atoms with Gasteiger partial charge in [0.25, 0.3) is 5.91 Å². The second-order valence-electron chi connectivity index (χ2n) is 8.71. The maximum atomic E-state index is 13.8. The second-order valence-corrected chi connectivity index (χ2v) is 8.71. The fourth-order valence-corrected chi connectivity index (χ4v) is 6.22. The summed E-state index contributed by atoms with van der Waals surface area (Å²) in [6, 6.07) is 14.4. The predicted octanol–water partition coefficient (Wildman–Crippen LogP) is 5.55. The monoisotopic (exact) mass is 349 g/mol.